The van der Waals surface area contributed by atoms with Gasteiger partial charge in [-0.25, -0.2) is 4.79 Å². The van der Waals surface area contributed by atoms with Crippen molar-refractivity contribution in [1.82, 2.24) is 4.98 Å². The molecule has 0 unspecified atom stereocenters. The summed E-state index contributed by atoms with van der Waals surface area (Å²) < 4.78 is 0. The van der Waals surface area contributed by atoms with Crippen LogP contribution in [-0.2, 0) is 6.42 Å². The highest BCUT2D eigenvalue weighted by atomic mass is 16.4. The summed E-state index contributed by atoms with van der Waals surface area (Å²) in [6.45, 7) is 1.82. The van der Waals surface area contributed by atoms with E-state index in [4.69, 9.17) is 10.4 Å². The lowest BCUT2D eigenvalue weighted by atomic mass is 10.1. The molecule has 0 aliphatic carbocycles. The van der Waals surface area contributed by atoms with Gasteiger partial charge in [-0.1, -0.05) is 6.92 Å². The fourth-order valence-corrected chi connectivity index (χ4v) is 1.02. The fourth-order valence-electron chi connectivity index (χ4n) is 1.02. The molecular formula is C9H8N2O2. The molecule has 0 bridgehead atoms. The molecule has 66 valence electrons. The van der Waals surface area contributed by atoms with Crippen molar-refractivity contribution in [2.45, 2.75) is 13.3 Å². The van der Waals surface area contributed by atoms with Crippen molar-refractivity contribution < 1.29 is 9.90 Å². The molecule has 1 aromatic heterocycles. The van der Waals surface area contributed by atoms with E-state index in [1.54, 1.807) is 0 Å². The van der Waals surface area contributed by atoms with Crippen molar-refractivity contribution in [1.29, 1.82) is 5.26 Å². The van der Waals surface area contributed by atoms with Gasteiger partial charge in [-0.3, -0.25) is 4.98 Å². The van der Waals surface area contributed by atoms with Gasteiger partial charge in [0.05, 0.1) is 16.8 Å². The number of carboxylic acids is 1. The summed E-state index contributed by atoms with van der Waals surface area (Å²) in [5, 5.41) is 17.3. The number of hydrogen-bond donors (Lipinski definition) is 1. The van der Waals surface area contributed by atoms with Crippen molar-refractivity contribution in [3.8, 4) is 6.07 Å². The highest BCUT2D eigenvalue weighted by Crippen LogP contribution is 2.08. The molecule has 13 heavy (non-hydrogen) atoms. The van der Waals surface area contributed by atoms with Crippen LogP contribution in [0, 0.1) is 11.3 Å². The molecule has 0 atom stereocenters. The van der Waals surface area contributed by atoms with Gasteiger partial charge in [0, 0.05) is 6.20 Å². The number of nitriles is 1. The van der Waals surface area contributed by atoms with Crippen LogP contribution in [-0.4, -0.2) is 16.1 Å². The third-order valence-electron chi connectivity index (χ3n) is 1.66. The molecule has 0 radical (unpaired) electrons. The zero-order chi connectivity index (χ0) is 9.84. The van der Waals surface area contributed by atoms with Crippen molar-refractivity contribution in [3.05, 3.63) is 29.1 Å². The Balaban J connectivity index is 3.28. The van der Waals surface area contributed by atoms with Gasteiger partial charge in [0.2, 0.25) is 0 Å². The van der Waals surface area contributed by atoms with E-state index in [1.807, 2.05) is 13.0 Å². The van der Waals surface area contributed by atoms with E-state index < -0.39 is 5.97 Å². The SMILES string of the molecule is CCc1ncc(C#N)cc1C(=O)O. The van der Waals surface area contributed by atoms with E-state index in [1.165, 1.54) is 12.3 Å². The second-order valence-electron chi connectivity index (χ2n) is 2.49. The van der Waals surface area contributed by atoms with E-state index in [0.717, 1.165) is 0 Å². The molecule has 0 fully saturated rings. The van der Waals surface area contributed by atoms with Crippen LogP contribution in [0.3, 0.4) is 0 Å². The number of rotatable bonds is 2. The normalized spacial score (nSPS) is 9.23. The third kappa shape index (κ3) is 1.82. The zero-order valence-corrected chi connectivity index (χ0v) is 7.11. The first-order chi connectivity index (χ1) is 6.19. The first-order valence-electron chi connectivity index (χ1n) is 3.81. The molecule has 4 heteroatoms. The second kappa shape index (κ2) is 3.68. The number of carbonyl (C=O) groups is 1. The number of pyridine rings is 1. The highest BCUT2D eigenvalue weighted by Gasteiger charge is 2.10. The summed E-state index contributed by atoms with van der Waals surface area (Å²) in [5.74, 6) is -1.04. The number of aromatic carboxylic acids is 1. The van der Waals surface area contributed by atoms with Crippen LogP contribution in [0.4, 0.5) is 0 Å². The molecule has 1 N–H and O–H groups in total. The van der Waals surface area contributed by atoms with Crippen molar-refractivity contribution in [3.63, 3.8) is 0 Å². The Morgan fingerprint density at radius 1 is 1.77 bits per heavy atom. The molecule has 0 aliphatic heterocycles. The van der Waals surface area contributed by atoms with Gasteiger partial charge in [0.25, 0.3) is 0 Å². The van der Waals surface area contributed by atoms with Crippen molar-refractivity contribution in [2.24, 2.45) is 0 Å². The number of aryl methyl sites for hydroxylation is 1. The van der Waals surface area contributed by atoms with Gasteiger partial charge < -0.3 is 5.11 Å². The summed E-state index contributed by atoms with van der Waals surface area (Å²) in [4.78, 5) is 14.6. The van der Waals surface area contributed by atoms with Gasteiger partial charge in [-0.15, -0.1) is 0 Å². The molecule has 0 spiro atoms. The number of aromatic nitrogens is 1. The van der Waals surface area contributed by atoms with Crippen LogP contribution >= 0.6 is 0 Å². The van der Waals surface area contributed by atoms with Crippen molar-refractivity contribution in [2.75, 3.05) is 0 Å². The molecule has 4 nitrogen and oxygen atoms in total. The summed E-state index contributed by atoms with van der Waals surface area (Å²) in [6.07, 6.45) is 1.93. The van der Waals surface area contributed by atoms with E-state index in [9.17, 15) is 4.79 Å². The topological polar surface area (TPSA) is 74.0 Å². The maximum Gasteiger partial charge on any atom is 0.337 e. The summed E-state index contributed by atoms with van der Waals surface area (Å²) in [6, 6.07) is 3.19. The van der Waals surface area contributed by atoms with Gasteiger partial charge in [-0.05, 0) is 12.5 Å². The van der Waals surface area contributed by atoms with Gasteiger partial charge in [0.1, 0.15) is 6.07 Å². The third-order valence-corrected chi connectivity index (χ3v) is 1.66. The Kier molecular flexibility index (Phi) is 2.60. The Hall–Kier alpha value is -1.89. The lowest BCUT2D eigenvalue weighted by molar-refractivity contribution is 0.0695. The van der Waals surface area contributed by atoms with Crippen LogP contribution in [0.1, 0.15) is 28.5 Å². The molecule has 1 aromatic rings. The average Bonchev–Trinajstić information content (AvgIpc) is 2.16. The minimum atomic E-state index is -1.04. The molecule has 0 aromatic carbocycles. The first-order valence-corrected chi connectivity index (χ1v) is 3.81. The van der Waals surface area contributed by atoms with Gasteiger partial charge in [0.15, 0.2) is 0 Å². The lowest BCUT2D eigenvalue weighted by Crippen LogP contribution is -2.04. The standard InChI is InChI=1S/C9H8N2O2/c1-2-8-7(9(12)13)3-6(4-10)5-11-8/h3,5H,2H2,1H3,(H,12,13). The van der Waals surface area contributed by atoms with E-state index in [2.05, 4.69) is 4.98 Å². The van der Waals surface area contributed by atoms with Crippen LogP contribution in [0.5, 0.6) is 0 Å². The second-order valence-corrected chi connectivity index (χ2v) is 2.49. The predicted molar refractivity (Wildman–Crippen MR) is 45.3 cm³/mol. The summed E-state index contributed by atoms with van der Waals surface area (Å²) >= 11 is 0. The maximum absolute atomic E-state index is 10.7. The summed E-state index contributed by atoms with van der Waals surface area (Å²) in [5.41, 5.74) is 0.891. The smallest absolute Gasteiger partial charge is 0.337 e. The summed E-state index contributed by atoms with van der Waals surface area (Å²) in [7, 11) is 0. The minimum absolute atomic E-state index is 0.113. The largest absolute Gasteiger partial charge is 0.478 e. The number of hydrogen-bond acceptors (Lipinski definition) is 3. The lowest BCUT2D eigenvalue weighted by Gasteiger charge is -2.01. The van der Waals surface area contributed by atoms with E-state index >= 15 is 0 Å². The molecular weight excluding hydrogens is 168 g/mol. The van der Waals surface area contributed by atoms with E-state index in [-0.39, 0.29) is 11.1 Å². The highest BCUT2D eigenvalue weighted by molar-refractivity contribution is 5.89. The minimum Gasteiger partial charge on any atom is -0.478 e. The Morgan fingerprint density at radius 3 is 2.92 bits per heavy atom. The zero-order valence-electron chi connectivity index (χ0n) is 7.11. The average molecular weight is 176 g/mol. The fraction of sp³-hybridized carbons (Fsp3) is 0.222. The van der Waals surface area contributed by atoms with Crippen LogP contribution in [0.15, 0.2) is 12.3 Å². The quantitative estimate of drug-likeness (QED) is 0.735. The predicted octanol–water partition coefficient (Wildman–Crippen LogP) is 1.21. The van der Waals surface area contributed by atoms with Crippen LogP contribution in [0.2, 0.25) is 0 Å². The molecule has 0 saturated carbocycles. The molecule has 0 amide bonds. The van der Waals surface area contributed by atoms with Gasteiger partial charge in [-0.2, -0.15) is 5.26 Å². The van der Waals surface area contributed by atoms with Crippen molar-refractivity contribution >= 4 is 5.97 Å². The van der Waals surface area contributed by atoms with Crippen LogP contribution in [0.25, 0.3) is 0 Å². The maximum atomic E-state index is 10.7. The Morgan fingerprint density at radius 2 is 2.46 bits per heavy atom. The van der Waals surface area contributed by atoms with Gasteiger partial charge >= 0.3 is 5.97 Å². The monoisotopic (exact) mass is 176 g/mol. The van der Waals surface area contributed by atoms with Crippen LogP contribution < -0.4 is 0 Å². The molecule has 1 rings (SSSR count). The Bertz CT molecular complexity index is 380. The number of carboxylic acid groups (broad SMARTS) is 1. The Labute approximate surface area is 75.5 Å². The molecule has 1 heterocycles. The number of nitrogens with zero attached hydrogens (tertiary/aromatic N) is 2. The first kappa shape index (κ1) is 9.20. The molecule has 0 saturated heterocycles. The van der Waals surface area contributed by atoms with E-state index in [0.29, 0.717) is 12.1 Å². The molecule has 0 aliphatic rings.